The van der Waals surface area contributed by atoms with Crippen molar-refractivity contribution in [1.29, 1.82) is 0 Å². The lowest BCUT2D eigenvalue weighted by molar-refractivity contribution is -0.122. The molecule has 3 amide bonds. The second kappa shape index (κ2) is 20.5. The fourth-order valence-corrected chi connectivity index (χ4v) is 2.72. The van der Waals surface area contributed by atoms with E-state index in [4.69, 9.17) is 0 Å². The van der Waals surface area contributed by atoms with E-state index in [0.29, 0.717) is 52.0 Å². The van der Waals surface area contributed by atoms with E-state index in [-0.39, 0.29) is 17.7 Å². The molecule has 0 unspecified atom stereocenters. The van der Waals surface area contributed by atoms with Crippen LogP contribution in [0.1, 0.15) is 33.1 Å². The lowest BCUT2D eigenvalue weighted by atomic mass is 10.3. The average molecular weight is 430 g/mol. The van der Waals surface area contributed by atoms with Crippen molar-refractivity contribution in [2.24, 2.45) is 0 Å². The molecular weight excluding hydrogens is 386 g/mol. The average Bonchev–Trinajstić information content (AvgIpc) is 2.73. The highest BCUT2D eigenvalue weighted by atomic mass is 16.2. The molecule has 0 aromatic carbocycles. The van der Waals surface area contributed by atoms with Gasteiger partial charge in [-0.1, -0.05) is 0 Å². The molecule has 0 aliphatic heterocycles. The van der Waals surface area contributed by atoms with E-state index < -0.39 is 0 Å². The highest BCUT2D eigenvalue weighted by molar-refractivity contribution is 5.76. The number of hydrogen-bond donors (Lipinski definition) is 6. The standard InChI is InChI=1S/C20H43N7O3/c1-4-25-19(29)7-15-27(16-8-20(30)26-5-2)17-14-24-13-12-23-11-10-22-9-6-18(28)21-3/h22-24H,4-17H2,1-3H3,(H,21,28)(H,25,29)(H,26,30). The summed E-state index contributed by atoms with van der Waals surface area (Å²) < 4.78 is 0. The smallest absolute Gasteiger partial charge is 0.221 e. The quantitative estimate of drug-likeness (QED) is 0.127. The van der Waals surface area contributed by atoms with Crippen LogP contribution in [0.15, 0.2) is 0 Å². The van der Waals surface area contributed by atoms with Crippen molar-refractivity contribution in [2.45, 2.75) is 33.1 Å². The molecule has 0 aromatic heterocycles. The maximum Gasteiger partial charge on any atom is 0.221 e. The van der Waals surface area contributed by atoms with Gasteiger partial charge in [-0.25, -0.2) is 0 Å². The Labute approximate surface area is 181 Å². The Hall–Kier alpha value is -1.75. The topological polar surface area (TPSA) is 127 Å². The largest absolute Gasteiger partial charge is 0.359 e. The van der Waals surface area contributed by atoms with Crippen molar-refractivity contribution >= 4 is 17.7 Å². The van der Waals surface area contributed by atoms with Crippen LogP contribution in [0.4, 0.5) is 0 Å². The van der Waals surface area contributed by atoms with Crippen molar-refractivity contribution in [1.82, 2.24) is 36.8 Å². The predicted molar refractivity (Wildman–Crippen MR) is 120 cm³/mol. The molecule has 30 heavy (non-hydrogen) atoms. The van der Waals surface area contributed by atoms with E-state index >= 15 is 0 Å². The van der Waals surface area contributed by atoms with Gasteiger partial charge in [0.25, 0.3) is 0 Å². The first-order valence-electron chi connectivity index (χ1n) is 11.1. The molecule has 0 spiro atoms. The monoisotopic (exact) mass is 429 g/mol. The van der Waals surface area contributed by atoms with Crippen LogP contribution < -0.4 is 31.9 Å². The number of nitrogens with zero attached hydrogens (tertiary/aromatic N) is 1. The lowest BCUT2D eigenvalue weighted by Crippen LogP contribution is -2.39. The van der Waals surface area contributed by atoms with Gasteiger partial charge >= 0.3 is 0 Å². The Morgan fingerprint density at radius 1 is 0.600 bits per heavy atom. The fraction of sp³-hybridized carbons (Fsp3) is 0.850. The summed E-state index contributed by atoms with van der Waals surface area (Å²) in [6.45, 7) is 12.0. The van der Waals surface area contributed by atoms with Gasteiger partial charge in [-0.3, -0.25) is 14.4 Å². The summed E-state index contributed by atoms with van der Waals surface area (Å²) in [5.74, 6) is 0.133. The molecule has 0 bridgehead atoms. The number of amides is 3. The van der Waals surface area contributed by atoms with E-state index in [1.807, 2.05) is 13.8 Å². The molecule has 10 heteroatoms. The second-order valence-electron chi connectivity index (χ2n) is 6.92. The van der Waals surface area contributed by atoms with Gasteiger partial charge in [-0.15, -0.1) is 0 Å². The van der Waals surface area contributed by atoms with Crippen molar-refractivity contribution < 1.29 is 14.4 Å². The summed E-state index contributed by atoms with van der Waals surface area (Å²) in [7, 11) is 1.64. The van der Waals surface area contributed by atoms with Gasteiger partial charge in [0.15, 0.2) is 0 Å². The van der Waals surface area contributed by atoms with E-state index in [9.17, 15) is 14.4 Å². The minimum Gasteiger partial charge on any atom is -0.359 e. The van der Waals surface area contributed by atoms with Crippen molar-refractivity contribution in [2.75, 3.05) is 79.0 Å². The zero-order chi connectivity index (χ0) is 22.5. The molecule has 10 nitrogen and oxygen atoms in total. The summed E-state index contributed by atoms with van der Waals surface area (Å²) in [5, 5.41) is 18.2. The third-order valence-electron chi connectivity index (χ3n) is 4.43. The van der Waals surface area contributed by atoms with Crippen molar-refractivity contribution in [3.8, 4) is 0 Å². The molecule has 0 saturated carbocycles. The van der Waals surface area contributed by atoms with Gasteiger partial charge in [-0.05, 0) is 13.8 Å². The summed E-state index contributed by atoms with van der Waals surface area (Å²) >= 11 is 0. The Kier molecular flexibility index (Phi) is 19.3. The SMILES string of the molecule is CCNC(=O)CCN(CCNCCNCCNCCC(=O)NC)CCC(=O)NCC. The minimum absolute atomic E-state index is 0.0431. The minimum atomic E-state index is 0.0431. The van der Waals surface area contributed by atoms with Crippen LogP contribution in [0.25, 0.3) is 0 Å². The van der Waals surface area contributed by atoms with Crippen molar-refractivity contribution in [3.05, 3.63) is 0 Å². The zero-order valence-corrected chi connectivity index (χ0v) is 19.1. The summed E-state index contributed by atoms with van der Waals surface area (Å²) in [4.78, 5) is 36.7. The van der Waals surface area contributed by atoms with Gasteiger partial charge < -0.3 is 36.8 Å². The Morgan fingerprint density at radius 2 is 1.07 bits per heavy atom. The zero-order valence-electron chi connectivity index (χ0n) is 19.1. The number of hydrogen-bond acceptors (Lipinski definition) is 7. The summed E-state index contributed by atoms with van der Waals surface area (Å²) in [6.07, 6.45) is 1.38. The third kappa shape index (κ3) is 18.3. The lowest BCUT2D eigenvalue weighted by Gasteiger charge is -2.22. The Balaban J connectivity index is 3.84. The second-order valence-corrected chi connectivity index (χ2v) is 6.92. The first kappa shape index (κ1) is 28.2. The Bertz CT molecular complexity index is 442. The molecule has 0 atom stereocenters. The van der Waals surface area contributed by atoms with E-state index in [1.165, 1.54) is 0 Å². The normalized spacial score (nSPS) is 10.8. The molecule has 0 rings (SSSR count). The maximum absolute atomic E-state index is 11.7. The highest BCUT2D eigenvalue weighted by Gasteiger charge is 2.10. The number of carbonyl (C=O) groups excluding carboxylic acids is 3. The number of rotatable bonds is 20. The Morgan fingerprint density at radius 3 is 1.53 bits per heavy atom. The van der Waals surface area contributed by atoms with Crippen LogP contribution in [0.3, 0.4) is 0 Å². The molecule has 0 aliphatic rings. The van der Waals surface area contributed by atoms with E-state index in [2.05, 4.69) is 36.8 Å². The van der Waals surface area contributed by atoms with Crippen LogP contribution >= 0.6 is 0 Å². The number of carbonyl (C=O) groups is 3. The van der Waals surface area contributed by atoms with Crippen molar-refractivity contribution in [3.63, 3.8) is 0 Å². The fourth-order valence-electron chi connectivity index (χ4n) is 2.72. The van der Waals surface area contributed by atoms with Gasteiger partial charge in [0.05, 0.1) is 0 Å². The first-order chi connectivity index (χ1) is 14.5. The van der Waals surface area contributed by atoms with Gasteiger partial charge in [0, 0.05) is 98.3 Å². The molecule has 0 aromatic rings. The molecule has 6 N–H and O–H groups in total. The van der Waals surface area contributed by atoms with Gasteiger partial charge in [0.1, 0.15) is 0 Å². The van der Waals surface area contributed by atoms with Crippen LogP contribution in [-0.2, 0) is 14.4 Å². The molecule has 176 valence electrons. The first-order valence-corrected chi connectivity index (χ1v) is 11.1. The summed E-state index contributed by atoms with van der Waals surface area (Å²) in [6, 6.07) is 0. The maximum atomic E-state index is 11.7. The van der Waals surface area contributed by atoms with Crippen LogP contribution in [0.5, 0.6) is 0 Å². The summed E-state index contributed by atoms with van der Waals surface area (Å²) in [5.41, 5.74) is 0. The van der Waals surface area contributed by atoms with Crippen LogP contribution in [0.2, 0.25) is 0 Å². The molecule has 0 saturated heterocycles. The van der Waals surface area contributed by atoms with Crippen LogP contribution in [0, 0.1) is 0 Å². The molecule has 0 fully saturated rings. The molecule has 0 aliphatic carbocycles. The molecule has 0 heterocycles. The third-order valence-corrected chi connectivity index (χ3v) is 4.43. The van der Waals surface area contributed by atoms with E-state index in [1.54, 1.807) is 7.05 Å². The van der Waals surface area contributed by atoms with Gasteiger partial charge in [-0.2, -0.15) is 0 Å². The number of nitrogens with one attached hydrogen (secondary N) is 6. The highest BCUT2D eigenvalue weighted by Crippen LogP contribution is 1.95. The molecular formula is C20H43N7O3. The van der Waals surface area contributed by atoms with E-state index in [0.717, 1.165) is 39.3 Å². The molecule has 0 radical (unpaired) electrons. The predicted octanol–water partition coefficient (Wildman–Crippen LogP) is -1.75. The van der Waals surface area contributed by atoms with Crippen LogP contribution in [-0.4, -0.2) is 102 Å². The van der Waals surface area contributed by atoms with Gasteiger partial charge in [0.2, 0.25) is 17.7 Å².